The molecule has 0 radical (unpaired) electrons. The summed E-state index contributed by atoms with van der Waals surface area (Å²) < 4.78 is 0. The second-order valence-electron chi connectivity index (χ2n) is 7.70. The average molecular weight is 349 g/mol. The maximum atomic E-state index is 12.9. The van der Waals surface area contributed by atoms with Crippen LogP contribution in [0.5, 0.6) is 0 Å². The van der Waals surface area contributed by atoms with Gasteiger partial charge in [-0.2, -0.15) is 11.3 Å². The number of thiophene rings is 1. The van der Waals surface area contributed by atoms with Gasteiger partial charge < -0.3 is 9.80 Å². The van der Waals surface area contributed by atoms with Gasteiger partial charge in [-0.15, -0.1) is 0 Å². The highest BCUT2D eigenvalue weighted by atomic mass is 32.1. The van der Waals surface area contributed by atoms with Crippen LogP contribution in [0.2, 0.25) is 0 Å². The lowest BCUT2D eigenvalue weighted by Crippen LogP contribution is -2.53. The Kier molecular flexibility index (Phi) is 4.64. The van der Waals surface area contributed by atoms with E-state index in [-0.39, 0.29) is 6.04 Å². The third-order valence-corrected chi connectivity index (χ3v) is 6.84. The predicted octanol–water partition coefficient (Wildman–Crippen LogP) is 1.03. The summed E-state index contributed by atoms with van der Waals surface area (Å²) >= 11 is 1.77. The molecule has 24 heavy (non-hydrogen) atoms. The minimum atomic E-state index is 0.103. The number of piperazine rings is 1. The lowest BCUT2D eigenvalue weighted by atomic mass is 10.0. The van der Waals surface area contributed by atoms with Gasteiger partial charge >= 0.3 is 0 Å². The molecule has 1 aromatic rings. The van der Waals surface area contributed by atoms with Crippen molar-refractivity contribution in [1.82, 2.24) is 19.6 Å². The molecule has 5 nitrogen and oxygen atoms in total. The second-order valence-corrected chi connectivity index (χ2v) is 8.48. The van der Waals surface area contributed by atoms with Gasteiger partial charge in [0, 0.05) is 51.9 Å². The van der Waals surface area contributed by atoms with Crippen molar-refractivity contribution in [3.05, 3.63) is 22.4 Å². The number of hydrogen-bond donors (Lipinski definition) is 0. The van der Waals surface area contributed by atoms with E-state index in [1.54, 1.807) is 11.3 Å². The molecule has 0 spiro atoms. The van der Waals surface area contributed by atoms with Crippen LogP contribution >= 0.6 is 11.3 Å². The molecule has 6 heteroatoms. The molecule has 4 rings (SSSR count). The summed E-state index contributed by atoms with van der Waals surface area (Å²) in [6, 6.07) is 2.87. The molecule has 0 N–H and O–H groups in total. The van der Waals surface area contributed by atoms with Crippen molar-refractivity contribution in [2.75, 3.05) is 53.4 Å². The molecule has 1 aromatic heterocycles. The number of nitrogens with zero attached hydrogens (tertiary/aromatic N) is 4. The third-order valence-electron chi connectivity index (χ3n) is 6.11. The number of fused-ring (bicyclic) bond motifs is 1. The van der Waals surface area contributed by atoms with Gasteiger partial charge in [-0.3, -0.25) is 14.6 Å². The van der Waals surface area contributed by atoms with Crippen molar-refractivity contribution < 1.29 is 4.79 Å². The van der Waals surface area contributed by atoms with Crippen molar-refractivity contribution in [3.63, 3.8) is 0 Å². The Morgan fingerprint density at radius 3 is 2.67 bits per heavy atom. The largest absolute Gasteiger partial charge is 0.339 e. The Balaban J connectivity index is 1.34. The van der Waals surface area contributed by atoms with E-state index in [0.717, 1.165) is 52.2 Å². The molecule has 3 fully saturated rings. The van der Waals surface area contributed by atoms with E-state index in [4.69, 9.17) is 0 Å². The molecule has 0 unspecified atom stereocenters. The lowest BCUT2D eigenvalue weighted by Gasteiger charge is -2.36. The van der Waals surface area contributed by atoms with Crippen LogP contribution in [0.4, 0.5) is 0 Å². The first-order valence-electron chi connectivity index (χ1n) is 9.04. The first-order chi connectivity index (χ1) is 11.6. The van der Waals surface area contributed by atoms with E-state index in [0.29, 0.717) is 17.9 Å². The van der Waals surface area contributed by atoms with E-state index >= 15 is 0 Å². The Morgan fingerprint density at radius 2 is 2.00 bits per heavy atom. The molecule has 3 saturated heterocycles. The molecule has 0 bridgehead atoms. The Hall–Kier alpha value is -0.950. The Labute approximate surface area is 148 Å². The maximum absolute atomic E-state index is 12.9. The maximum Gasteiger partial charge on any atom is 0.240 e. The minimum Gasteiger partial charge on any atom is -0.339 e. The number of carbonyl (C=O) groups is 1. The topological polar surface area (TPSA) is 30.0 Å². The van der Waals surface area contributed by atoms with Crippen molar-refractivity contribution in [3.8, 4) is 0 Å². The number of rotatable bonds is 3. The number of carbonyl (C=O) groups excluding carboxylic acids is 1. The first kappa shape index (κ1) is 16.5. The summed E-state index contributed by atoms with van der Waals surface area (Å²) in [7, 11) is 4.30. The Morgan fingerprint density at radius 1 is 1.21 bits per heavy atom. The average Bonchev–Trinajstić information content (AvgIpc) is 3.27. The highest BCUT2D eigenvalue weighted by molar-refractivity contribution is 7.07. The van der Waals surface area contributed by atoms with E-state index in [9.17, 15) is 4.79 Å². The number of likely N-dealkylation sites (tertiary alicyclic amines) is 2. The van der Waals surface area contributed by atoms with Gasteiger partial charge in [0.15, 0.2) is 0 Å². The third kappa shape index (κ3) is 3.12. The van der Waals surface area contributed by atoms with Crippen molar-refractivity contribution in [2.24, 2.45) is 5.92 Å². The fourth-order valence-electron chi connectivity index (χ4n) is 4.60. The van der Waals surface area contributed by atoms with E-state index in [2.05, 4.69) is 50.5 Å². The van der Waals surface area contributed by atoms with Crippen LogP contribution in [0.15, 0.2) is 16.8 Å². The van der Waals surface area contributed by atoms with E-state index in [1.165, 1.54) is 5.56 Å². The molecule has 1 amide bonds. The quantitative estimate of drug-likeness (QED) is 0.816. The van der Waals surface area contributed by atoms with Gasteiger partial charge in [-0.25, -0.2) is 0 Å². The van der Waals surface area contributed by atoms with Crippen molar-refractivity contribution >= 4 is 17.2 Å². The zero-order chi connectivity index (χ0) is 16.7. The monoisotopic (exact) mass is 348 g/mol. The van der Waals surface area contributed by atoms with Crippen LogP contribution < -0.4 is 0 Å². The molecule has 3 aliphatic rings. The molecular weight excluding hydrogens is 320 g/mol. The van der Waals surface area contributed by atoms with Gasteiger partial charge in [0.05, 0.1) is 6.04 Å². The Bertz CT molecular complexity index is 570. The van der Waals surface area contributed by atoms with Crippen LogP contribution in [0.1, 0.15) is 12.0 Å². The summed E-state index contributed by atoms with van der Waals surface area (Å²) in [5, 5.41) is 4.40. The predicted molar refractivity (Wildman–Crippen MR) is 97.1 cm³/mol. The van der Waals surface area contributed by atoms with Gasteiger partial charge in [-0.05, 0) is 48.8 Å². The number of amides is 1. The van der Waals surface area contributed by atoms with Crippen LogP contribution in [-0.2, 0) is 11.3 Å². The highest BCUT2D eigenvalue weighted by Gasteiger charge is 2.47. The van der Waals surface area contributed by atoms with Crippen LogP contribution in [-0.4, -0.2) is 91.0 Å². The van der Waals surface area contributed by atoms with Crippen molar-refractivity contribution in [2.45, 2.75) is 25.0 Å². The standard InChI is InChI=1S/C18H28N4OS/c1-19-4-6-22(7-5-19)18(23)16-9-15-11-21(12-17(15)20(16)2)10-14-3-8-24-13-14/h3,8,13,15-17H,4-7,9-12H2,1-2H3/t15-,16-,17+/m0/s1. The lowest BCUT2D eigenvalue weighted by molar-refractivity contribution is -0.137. The number of likely N-dealkylation sites (N-methyl/N-ethyl adjacent to an activating group) is 2. The normalized spacial score (nSPS) is 32.4. The summed E-state index contributed by atoms with van der Waals surface area (Å²) in [5.41, 5.74) is 1.42. The zero-order valence-corrected chi connectivity index (χ0v) is 15.5. The molecule has 3 aliphatic heterocycles. The van der Waals surface area contributed by atoms with Crippen LogP contribution in [0.25, 0.3) is 0 Å². The van der Waals surface area contributed by atoms with Crippen molar-refractivity contribution in [1.29, 1.82) is 0 Å². The minimum absolute atomic E-state index is 0.103. The molecule has 3 atom stereocenters. The van der Waals surface area contributed by atoms with E-state index < -0.39 is 0 Å². The molecule has 0 saturated carbocycles. The molecule has 132 valence electrons. The highest BCUT2D eigenvalue weighted by Crippen LogP contribution is 2.36. The van der Waals surface area contributed by atoms with Gasteiger partial charge in [0.25, 0.3) is 0 Å². The van der Waals surface area contributed by atoms with E-state index in [1.807, 2.05) is 0 Å². The summed E-state index contributed by atoms with van der Waals surface area (Å²) in [5.74, 6) is 1.01. The zero-order valence-electron chi connectivity index (χ0n) is 14.7. The van der Waals surface area contributed by atoms with Gasteiger partial charge in [-0.1, -0.05) is 0 Å². The molecule has 0 aromatic carbocycles. The first-order valence-corrected chi connectivity index (χ1v) is 9.99. The summed E-state index contributed by atoms with van der Waals surface area (Å²) in [4.78, 5) is 22.3. The second kappa shape index (κ2) is 6.75. The van der Waals surface area contributed by atoms with Gasteiger partial charge in [0.2, 0.25) is 5.91 Å². The fraction of sp³-hybridized carbons (Fsp3) is 0.722. The smallest absolute Gasteiger partial charge is 0.240 e. The summed E-state index contributed by atoms with van der Waals surface area (Å²) in [6.07, 6.45) is 1.03. The van der Waals surface area contributed by atoms with Crippen LogP contribution in [0.3, 0.4) is 0 Å². The number of hydrogen-bond acceptors (Lipinski definition) is 5. The molecular formula is C18H28N4OS. The molecule has 0 aliphatic carbocycles. The molecule has 4 heterocycles. The van der Waals surface area contributed by atoms with Gasteiger partial charge in [0.1, 0.15) is 0 Å². The SMILES string of the molecule is CN1CCN(C(=O)[C@@H]2C[C@H]3CN(Cc4ccsc4)C[C@H]3N2C)CC1. The fourth-order valence-corrected chi connectivity index (χ4v) is 5.26. The van der Waals surface area contributed by atoms with Crippen LogP contribution in [0, 0.1) is 5.92 Å². The summed E-state index contributed by atoms with van der Waals surface area (Å²) in [6.45, 7) is 7.08.